The van der Waals surface area contributed by atoms with Crippen LogP contribution in [-0.2, 0) is 22.5 Å². The van der Waals surface area contributed by atoms with Gasteiger partial charge in [-0.3, -0.25) is 4.79 Å². The molecule has 7 nitrogen and oxygen atoms in total. The average molecular weight is 503 g/mol. The number of hydrogen-bond donors (Lipinski definition) is 1. The van der Waals surface area contributed by atoms with Crippen molar-refractivity contribution in [2.24, 2.45) is 23.2 Å². The Kier molecular flexibility index (Phi) is 6.52. The minimum absolute atomic E-state index is 0.162. The van der Waals surface area contributed by atoms with Crippen LogP contribution in [0.3, 0.4) is 0 Å². The molecule has 2 heterocycles. The number of rotatable bonds is 8. The molecule has 4 bridgehead atoms. The minimum Gasteiger partial charge on any atom is -0.465 e. The Hall–Kier alpha value is -1.87. The molecular formula is C25H34N4O3S2. The first-order valence-corrected chi connectivity index (χ1v) is 14.1. The molecule has 2 aromatic rings. The summed E-state index contributed by atoms with van der Waals surface area (Å²) in [5.41, 5.74) is 1.70. The summed E-state index contributed by atoms with van der Waals surface area (Å²) in [6, 6.07) is 0. The largest absolute Gasteiger partial charge is 0.465 e. The quantitative estimate of drug-likeness (QED) is 0.392. The van der Waals surface area contributed by atoms with Crippen molar-refractivity contribution >= 4 is 40.0 Å². The van der Waals surface area contributed by atoms with Crippen molar-refractivity contribution in [3.05, 3.63) is 21.8 Å². The van der Waals surface area contributed by atoms with Gasteiger partial charge in [0.2, 0.25) is 5.91 Å². The number of ether oxygens (including phenoxy) is 1. The minimum atomic E-state index is -0.426. The van der Waals surface area contributed by atoms with Crippen LogP contribution in [0.2, 0.25) is 0 Å². The van der Waals surface area contributed by atoms with E-state index in [4.69, 9.17) is 4.74 Å². The summed E-state index contributed by atoms with van der Waals surface area (Å²) in [6.45, 7) is 6.73. The van der Waals surface area contributed by atoms with E-state index in [1.807, 2.05) is 13.8 Å². The Bertz CT molecular complexity index is 1070. The third-order valence-corrected chi connectivity index (χ3v) is 10.3. The number of carbonyl (C=O) groups excluding carboxylic acids is 2. The van der Waals surface area contributed by atoms with E-state index < -0.39 is 5.97 Å². The van der Waals surface area contributed by atoms with Crippen molar-refractivity contribution in [1.82, 2.24) is 14.8 Å². The predicted octanol–water partition coefficient (Wildman–Crippen LogP) is 5.25. The van der Waals surface area contributed by atoms with Crippen LogP contribution in [0, 0.1) is 37.0 Å². The summed E-state index contributed by atoms with van der Waals surface area (Å²) in [6.07, 6.45) is 9.39. The van der Waals surface area contributed by atoms with Gasteiger partial charge in [0, 0.05) is 17.8 Å². The maximum absolute atomic E-state index is 12.7. The first kappa shape index (κ1) is 23.9. The molecule has 0 spiro atoms. The van der Waals surface area contributed by atoms with Gasteiger partial charge >= 0.3 is 5.97 Å². The van der Waals surface area contributed by atoms with Gasteiger partial charge < -0.3 is 14.6 Å². The molecule has 0 unspecified atom stereocenters. The summed E-state index contributed by atoms with van der Waals surface area (Å²) in [4.78, 5) is 25.9. The number of aryl methyl sites for hydroxylation is 1. The van der Waals surface area contributed by atoms with E-state index in [0.29, 0.717) is 16.0 Å². The van der Waals surface area contributed by atoms with Crippen LogP contribution < -0.4 is 5.32 Å². The standard InChI is InChI=1S/C25H34N4O3S2/c1-5-29-19(12-25-9-16-6-17(10-25)8-18(7-16)11-25)27-28-24(29)33-13-20(30)26-22-21(23(31)32-4)14(2)15(3)34-22/h16-18H,5-13H2,1-4H3,(H,26,30). The second-order valence-electron chi connectivity index (χ2n) is 10.6. The Morgan fingerprint density at radius 1 is 1.15 bits per heavy atom. The van der Waals surface area contributed by atoms with Crippen molar-refractivity contribution in [3.8, 4) is 0 Å². The van der Waals surface area contributed by atoms with Crippen molar-refractivity contribution in [3.63, 3.8) is 0 Å². The van der Waals surface area contributed by atoms with Crippen molar-refractivity contribution < 1.29 is 14.3 Å². The molecular weight excluding hydrogens is 468 g/mol. The van der Waals surface area contributed by atoms with Gasteiger partial charge in [-0.1, -0.05) is 11.8 Å². The maximum atomic E-state index is 12.7. The fourth-order valence-corrected chi connectivity index (χ4v) is 8.96. The van der Waals surface area contributed by atoms with Crippen LogP contribution in [0.15, 0.2) is 5.16 Å². The van der Waals surface area contributed by atoms with Crippen LogP contribution in [0.25, 0.3) is 0 Å². The Balaban J connectivity index is 1.25. The van der Waals surface area contributed by atoms with Gasteiger partial charge in [0.25, 0.3) is 0 Å². The predicted molar refractivity (Wildman–Crippen MR) is 134 cm³/mol. The number of nitrogens with zero attached hydrogens (tertiary/aromatic N) is 3. The molecule has 0 radical (unpaired) electrons. The lowest BCUT2D eigenvalue weighted by Gasteiger charge is -2.56. The first-order valence-electron chi connectivity index (χ1n) is 12.3. The SMILES string of the molecule is CCn1c(CC23CC4CC(CC(C4)C2)C3)nnc1SCC(=O)Nc1sc(C)c(C)c1C(=O)OC. The smallest absolute Gasteiger partial charge is 0.341 e. The summed E-state index contributed by atoms with van der Waals surface area (Å²) in [7, 11) is 1.36. The number of hydrogen-bond acceptors (Lipinski definition) is 7. The van der Waals surface area contributed by atoms with Gasteiger partial charge in [-0.05, 0) is 88.0 Å². The van der Waals surface area contributed by atoms with Gasteiger partial charge in [0.1, 0.15) is 10.8 Å². The fraction of sp³-hybridized carbons (Fsp3) is 0.680. The first-order chi connectivity index (χ1) is 16.3. The molecule has 34 heavy (non-hydrogen) atoms. The van der Waals surface area contributed by atoms with Crippen molar-refractivity contribution in [1.29, 1.82) is 0 Å². The number of aromatic nitrogens is 3. The van der Waals surface area contributed by atoms with Crippen LogP contribution >= 0.6 is 23.1 Å². The number of thioether (sulfide) groups is 1. The van der Waals surface area contributed by atoms with Gasteiger partial charge in [-0.25, -0.2) is 4.79 Å². The van der Waals surface area contributed by atoms with Gasteiger partial charge in [0.05, 0.1) is 18.4 Å². The summed E-state index contributed by atoms with van der Waals surface area (Å²) >= 11 is 2.81. The molecule has 6 rings (SSSR count). The Morgan fingerprint density at radius 3 is 2.38 bits per heavy atom. The van der Waals surface area contributed by atoms with E-state index in [9.17, 15) is 9.59 Å². The average Bonchev–Trinajstić information content (AvgIpc) is 3.29. The van der Waals surface area contributed by atoms with E-state index in [-0.39, 0.29) is 11.7 Å². The van der Waals surface area contributed by atoms with Crippen molar-refractivity contribution in [2.75, 3.05) is 18.2 Å². The third kappa shape index (κ3) is 4.41. The molecule has 1 amide bonds. The van der Waals surface area contributed by atoms with Crippen LogP contribution in [0.1, 0.15) is 72.1 Å². The number of nitrogens with one attached hydrogen (secondary N) is 1. The molecule has 0 aliphatic heterocycles. The number of anilines is 1. The molecule has 4 saturated carbocycles. The Labute approximate surface area is 209 Å². The Morgan fingerprint density at radius 2 is 1.79 bits per heavy atom. The lowest BCUT2D eigenvalue weighted by molar-refractivity contribution is -0.113. The number of carbonyl (C=O) groups is 2. The number of esters is 1. The number of amides is 1. The molecule has 0 saturated heterocycles. The van der Waals surface area contributed by atoms with Crippen LogP contribution in [0.4, 0.5) is 5.00 Å². The van der Waals surface area contributed by atoms with Gasteiger partial charge in [-0.15, -0.1) is 21.5 Å². The number of thiophene rings is 1. The second kappa shape index (κ2) is 9.30. The molecule has 184 valence electrons. The molecule has 1 N–H and O–H groups in total. The molecule has 9 heteroatoms. The zero-order chi connectivity index (χ0) is 24.0. The molecule has 0 aromatic carbocycles. The van der Waals surface area contributed by atoms with E-state index in [1.165, 1.54) is 68.7 Å². The van der Waals surface area contributed by atoms with Crippen LogP contribution in [0.5, 0.6) is 0 Å². The van der Waals surface area contributed by atoms with Crippen LogP contribution in [-0.4, -0.2) is 39.5 Å². The second-order valence-corrected chi connectivity index (χ2v) is 12.7. The molecule has 4 aliphatic rings. The zero-order valence-corrected chi connectivity index (χ0v) is 22.1. The summed E-state index contributed by atoms with van der Waals surface area (Å²) in [5, 5.41) is 13.3. The molecule has 2 aromatic heterocycles. The van der Waals surface area contributed by atoms with E-state index in [2.05, 4.69) is 27.0 Å². The third-order valence-electron chi connectivity index (χ3n) is 8.17. The highest BCUT2D eigenvalue weighted by Gasteiger charge is 2.51. The van der Waals surface area contributed by atoms with E-state index >= 15 is 0 Å². The lowest BCUT2D eigenvalue weighted by atomic mass is 9.49. The van der Waals surface area contributed by atoms with Gasteiger partial charge in [-0.2, -0.15) is 0 Å². The molecule has 4 fully saturated rings. The zero-order valence-electron chi connectivity index (χ0n) is 20.5. The normalized spacial score (nSPS) is 27.2. The highest BCUT2D eigenvalue weighted by molar-refractivity contribution is 7.99. The fourth-order valence-electron chi connectivity index (χ4n) is 7.07. The molecule has 4 aliphatic carbocycles. The lowest BCUT2D eigenvalue weighted by Crippen LogP contribution is -2.47. The highest BCUT2D eigenvalue weighted by Crippen LogP contribution is 2.61. The van der Waals surface area contributed by atoms with Crippen molar-refractivity contribution in [2.45, 2.75) is 77.4 Å². The molecule has 0 atom stereocenters. The maximum Gasteiger partial charge on any atom is 0.341 e. The number of methoxy groups -OCH3 is 1. The topological polar surface area (TPSA) is 86.1 Å². The summed E-state index contributed by atoms with van der Waals surface area (Å²) in [5.74, 6) is 3.45. The van der Waals surface area contributed by atoms with E-state index in [1.54, 1.807) is 0 Å². The highest BCUT2D eigenvalue weighted by atomic mass is 32.2. The summed E-state index contributed by atoms with van der Waals surface area (Å²) < 4.78 is 7.09. The van der Waals surface area contributed by atoms with Gasteiger partial charge in [0.15, 0.2) is 5.16 Å². The van der Waals surface area contributed by atoms with E-state index in [0.717, 1.165) is 52.1 Å². The monoisotopic (exact) mass is 502 g/mol.